The quantitative estimate of drug-likeness (QED) is 0.237. The first-order valence-electron chi connectivity index (χ1n) is 10.5. The highest BCUT2D eigenvalue weighted by atomic mass is 35.5. The van der Waals surface area contributed by atoms with E-state index in [2.05, 4.69) is 10.2 Å². The number of nitrogens with zero attached hydrogens (tertiary/aromatic N) is 1. The summed E-state index contributed by atoms with van der Waals surface area (Å²) in [5.41, 5.74) is 6.44. The number of rotatable bonds is 6. The number of fused-ring (bicyclic) bond motifs is 1. The first-order chi connectivity index (χ1) is 15.9. The van der Waals surface area contributed by atoms with E-state index in [1.54, 1.807) is 6.07 Å². The number of aryl methyl sites for hydroxylation is 1. The van der Waals surface area contributed by atoms with Gasteiger partial charge in [0.2, 0.25) is 0 Å². The van der Waals surface area contributed by atoms with Crippen LogP contribution in [-0.2, 0) is 4.79 Å². The molecule has 166 valence electrons. The smallest absolute Gasteiger partial charge is 0.328 e. The lowest BCUT2D eigenvalue weighted by atomic mass is 9.86. The largest absolute Gasteiger partial charge is 0.478 e. The van der Waals surface area contributed by atoms with Crippen LogP contribution in [0.3, 0.4) is 0 Å². The van der Waals surface area contributed by atoms with Gasteiger partial charge in [0, 0.05) is 16.7 Å². The van der Waals surface area contributed by atoms with E-state index in [-0.39, 0.29) is 5.82 Å². The maximum atomic E-state index is 15.7. The van der Waals surface area contributed by atoms with E-state index in [4.69, 9.17) is 16.7 Å². The summed E-state index contributed by atoms with van der Waals surface area (Å²) in [6, 6.07) is 16.7. The molecule has 33 heavy (non-hydrogen) atoms. The molecular weight excluding hydrogens is 439 g/mol. The van der Waals surface area contributed by atoms with Gasteiger partial charge >= 0.3 is 5.97 Å². The molecule has 4 rings (SSSR count). The van der Waals surface area contributed by atoms with Gasteiger partial charge in [-0.3, -0.25) is 5.10 Å². The standard InChI is InChI=1S/C27H22ClFN2O2/c1-3-20(21-10-9-19(28)14-16(21)2)26(18-7-4-17(5-8-18)6-13-25(32)33)22-11-12-24-23(27(22)29)15-30-31-24/h4-15H,3H2,1-2H3,(H,30,31)(H,32,33). The summed E-state index contributed by atoms with van der Waals surface area (Å²) >= 11 is 6.19. The third kappa shape index (κ3) is 4.59. The van der Waals surface area contributed by atoms with Crippen molar-refractivity contribution in [2.45, 2.75) is 20.3 Å². The fourth-order valence-corrected chi connectivity index (χ4v) is 4.29. The lowest BCUT2D eigenvalue weighted by Gasteiger charge is -2.19. The molecule has 4 aromatic rings. The van der Waals surface area contributed by atoms with Crippen molar-refractivity contribution >= 4 is 45.7 Å². The lowest BCUT2D eigenvalue weighted by molar-refractivity contribution is -0.131. The normalized spacial score (nSPS) is 12.4. The van der Waals surface area contributed by atoms with Gasteiger partial charge in [-0.2, -0.15) is 5.10 Å². The van der Waals surface area contributed by atoms with Crippen molar-refractivity contribution in [3.63, 3.8) is 0 Å². The maximum absolute atomic E-state index is 15.7. The van der Waals surface area contributed by atoms with Crippen LogP contribution in [0.15, 0.2) is 66.9 Å². The number of nitrogens with one attached hydrogen (secondary N) is 1. The zero-order valence-electron chi connectivity index (χ0n) is 18.2. The van der Waals surface area contributed by atoms with Gasteiger partial charge in [-0.25, -0.2) is 9.18 Å². The first-order valence-corrected chi connectivity index (χ1v) is 10.9. The molecule has 0 amide bonds. The van der Waals surface area contributed by atoms with Crippen LogP contribution in [0.25, 0.3) is 28.1 Å². The second-order valence-corrected chi connectivity index (χ2v) is 8.15. The van der Waals surface area contributed by atoms with Crippen molar-refractivity contribution < 1.29 is 14.3 Å². The average Bonchev–Trinajstić information content (AvgIpc) is 3.28. The van der Waals surface area contributed by atoms with E-state index >= 15 is 4.39 Å². The fourth-order valence-electron chi connectivity index (χ4n) is 4.06. The molecule has 0 aliphatic rings. The molecule has 0 saturated carbocycles. The van der Waals surface area contributed by atoms with Gasteiger partial charge < -0.3 is 5.11 Å². The van der Waals surface area contributed by atoms with Gasteiger partial charge in [0.25, 0.3) is 0 Å². The third-order valence-corrected chi connectivity index (χ3v) is 5.85. The Morgan fingerprint density at radius 2 is 1.85 bits per heavy atom. The number of benzene rings is 3. The van der Waals surface area contributed by atoms with Crippen LogP contribution in [-0.4, -0.2) is 21.3 Å². The number of aromatic nitrogens is 2. The summed E-state index contributed by atoms with van der Waals surface area (Å²) in [6.45, 7) is 4.03. The molecule has 6 heteroatoms. The molecule has 0 fully saturated rings. The Morgan fingerprint density at radius 1 is 1.12 bits per heavy atom. The number of hydrogen-bond donors (Lipinski definition) is 2. The Labute approximate surface area is 196 Å². The second kappa shape index (κ2) is 9.43. The zero-order valence-corrected chi connectivity index (χ0v) is 18.9. The Balaban J connectivity index is 1.98. The highest BCUT2D eigenvalue weighted by molar-refractivity contribution is 6.30. The minimum absolute atomic E-state index is 0.344. The number of aliphatic carboxylic acids is 1. The van der Waals surface area contributed by atoms with Gasteiger partial charge in [-0.15, -0.1) is 0 Å². The van der Waals surface area contributed by atoms with Crippen molar-refractivity contribution in [3.05, 3.63) is 106 Å². The number of aromatic amines is 1. The number of allylic oxidation sites excluding steroid dienone is 1. The molecule has 4 nitrogen and oxygen atoms in total. The predicted octanol–water partition coefficient (Wildman–Crippen LogP) is 7.13. The molecule has 0 bridgehead atoms. The van der Waals surface area contributed by atoms with Crippen LogP contribution in [0.4, 0.5) is 4.39 Å². The second-order valence-electron chi connectivity index (χ2n) is 7.72. The third-order valence-electron chi connectivity index (χ3n) is 5.61. The molecule has 1 heterocycles. The highest BCUT2D eigenvalue weighted by Gasteiger charge is 2.19. The highest BCUT2D eigenvalue weighted by Crippen LogP contribution is 2.38. The SMILES string of the molecule is CCC(=C(c1ccc(C=CC(=O)O)cc1)c1ccc2[nH]ncc2c1F)c1ccc(Cl)cc1C. The molecular formula is C27H22ClFN2O2. The molecule has 0 atom stereocenters. The topological polar surface area (TPSA) is 66.0 Å². The monoisotopic (exact) mass is 460 g/mol. The van der Waals surface area contributed by atoms with Crippen molar-refractivity contribution in [1.82, 2.24) is 10.2 Å². The van der Waals surface area contributed by atoms with Gasteiger partial charge in [0.15, 0.2) is 0 Å². The van der Waals surface area contributed by atoms with E-state index in [9.17, 15) is 4.79 Å². The Hall–Kier alpha value is -3.70. The van der Waals surface area contributed by atoms with Crippen LogP contribution in [0.2, 0.25) is 5.02 Å². The fraction of sp³-hybridized carbons (Fsp3) is 0.111. The predicted molar refractivity (Wildman–Crippen MR) is 132 cm³/mol. The van der Waals surface area contributed by atoms with Gasteiger partial charge in [0.05, 0.1) is 17.1 Å². The van der Waals surface area contributed by atoms with Gasteiger partial charge in [-0.05, 0) is 77.1 Å². The van der Waals surface area contributed by atoms with Crippen LogP contribution in [0, 0.1) is 12.7 Å². The summed E-state index contributed by atoms with van der Waals surface area (Å²) in [4.78, 5) is 10.8. The minimum Gasteiger partial charge on any atom is -0.478 e. The van der Waals surface area contributed by atoms with E-state index in [1.165, 1.54) is 12.3 Å². The number of halogens is 2. The molecule has 0 unspecified atom stereocenters. The zero-order chi connectivity index (χ0) is 23.5. The van der Waals surface area contributed by atoms with Crippen LogP contribution in [0.5, 0.6) is 0 Å². The lowest BCUT2D eigenvalue weighted by Crippen LogP contribution is -2.00. The van der Waals surface area contributed by atoms with E-state index in [0.717, 1.165) is 39.5 Å². The van der Waals surface area contributed by atoms with Crippen molar-refractivity contribution in [1.29, 1.82) is 0 Å². The molecule has 0 aliphatic carbocycles. The Kier molecular flexibility index (Phi) is 6.43. The van der Waals surface area contributed by atoms with E-state index in [1.807, 2.05) is 62.4 Å². The molecule has 2 N–H and O–H groups in total. The number of H-pyrrole nitrogens is 1. The summed E-state index contributed by atoms with van der Waals surface area (Å²) < 4.78 is 15.7. The number of carboxylic acid groups (broad SMARTS) is 1. The Morgan fingerprint density at radius 3 is 2.52 bits per heavy atom. The van der Waals surface area contributed by atoms with Crippen molar-refractivity contribution in [2.24, 2.45) is 0 Å². The van der Waals surface area contributed by atoms with Crippen LogP contribution < -0.4 is 0 Å². The molecule has 3 aromatic carbocycles. The average molecular weight is 461 g/mol. The first kappa shape index (κ1) is 22.5. The maximum Gasteiger partial charge on any atom is 0.328 e. The molecule has 0 aliphatic heterocycles. The minimum atomic E-state index is -1.01. The molecule has 0 spiro atoms. The Bertz CT molecular complexity index is 1400. The van der Waals surface area contributed by atoms with Crippen molar-refractivity contribution in [2.75, 3.05) is 0 Å². The van der Waals surface area contributed by atoms with E-state index < -0.39 is 5.97 Å². The van der Waals surface area contributed by atoms with Gasteiger partial charge in [0.1, 0.15) is 5.82 Å². The molecule has 1 aromatic heterocycles. The number of carboxylic acids is 1. The summed E-state index contributed by atoms with van der Waals surface area (Å²) in [6.07, 6.45) is 4.77. The summed E-state index contributed by atoms with van der Waals surface area (Å²) in [7, 11) is 0. The van der Waals surface area contributed by atoms with Crippen LogP contribution >= 0.6 is 11.6 Å². The molecule has 0 saturated heterocycles. The van der Waals surface area contributed by atoms with E-state index in [0.29, 0.717) is 27.9 Å². The van der Waals surface area contributed by atoms with Crippen LogP contribution in [0.1, 0.15) is 41.2 Å². The number of hydrogen-bond acceptors (Lipinski definition) is 2. The summed E-state index contributed by atoms with van der Waals surface area (Å²) in [5.74, 6) is -1.36. The van der Waals surface area contributed by atoms with Crippen molar-refractivity contribution in [3.8, 4) is 0 Å². The van der Waals surface area contributed by atoms with Gasteiger partial charge in [-0.1, -0.05) is 48.9 Å². The number of carbonyl (C=O) groups is 1. The molecule has 0 radical (unpaired) electrons. The summed E-state index contributed by atoms with van der Waals surface area (Å²) in [5, 5.41) is 16.7.